The molecule has 1 aromatic carbocycles. The number of non-ortho nitro benzene ring substituents is 1. The van der Waals surface area contributed by atoms with E-state index in [1.807, 2.05) is 13.0 Å². The van der Waals surface area contributed by atoms with Crippen molar-refractivity contribution in [2.24, 2.45) is 0 Å². The van der Waals surface area contributed by atoms with Crippen LogP contribution in [0, 0.1) is 10.1 Å². The van der Waals surface area contributed by atoms with Crippen molar-refractivity contribution in [3.8, 4) is 0 Å². The van der Waals surface area contributed by atoms with E-state index in [1.54, 1.807) is 18.4 Å². The van der Waals surface area contributed by atoms with E-state index in [4.69, 9.17) is 0 Å². The molecule has 94 valence electrons. The Labute approximate surface area is 103 Å². The van der Waals surface area contributed by atoms with Crippen LogP contribution in [0.15, 0.2) is 24.3 Å². The van der Waals surface area contributed by atoms with Crippen LogP contribution >= 0.6 is 0 Å². The molecule has 0 bridgehead atoms. The smallest absolute Gasteiger partial charge is 0.269 e. The molecule has 6 heteroatoms. The van der Waals surface area contributed by atoms with Gasteiger partial charge in [0.05, 0.1) is 4.92 Å². The molecule has 0 saturated heterocycles. The Balaban J connectivity index is 2.49. The van der Waals surface area contributed by atoms with Crippen molar-refractivity contribution in [1.29, 1.82) is 0 Å². The van der Waals surface area contributed by atoms with Crippen LogP contribution in [-0.4, -0.2) is 27.2 Å². The Bertz CT molecular complexity index is 423. The van der Waals surface area contributed by atoms with Crippen molar-refractivity contribution in [3.63, 3.8) is 0 Å². The number of nitro groups is 1. The van der Waals surface area contributed by atoms with Gasteiger partial charge < -0.3 is 5.32 Å². The highest BCUT2D eigenvalue weighted by Crippen LogP contribution is 2.12. The van der Waals surface area contributed by atoms with Gasteiger partial charge in [0.1, 0.15) is 0 Å². The highest BCUT2D eigenvalue weighted by atomic mass is 32.2. The zero-order valence-corrected chi connectivity index (χ0v) is 10.7. The van der Waals surface area contributed by atoms with Gasteiger partial charge in [0.2, 0.25) is 0 Å². The zero-order valence-electron chi connectivity index (χ0n) is 9.88. The summed E-state index contributed by atoms with van der Waals surface area (Å²) in [5.74, 6) is 0. The van der Waals surface area contributed by atoms with Gasteiger partial charge in [-0.15, -0.1) is 0 Å². The first-order valence-electron chi connectivity index (χ1n) is 5.27. The van der Waals surface area contributed by atoms with E-state index in [0.29, 0.717) is 13.1 Å². The van der Waals surface area contributed by atoms with Crippen molar-refractivity contribution in [2.45, 2.75) is 18.7 Å². The van der Waals surface area contributed by atoms with Crippen LogP contribution in [0.3, 0.4) is 0 Å². The molecule has 5 nitrogen and oxygen atoms in total. The fourth-order valence-electron chi connectivity index (χ4n) is 1.32. The second-order valence-corrected chi connectivity index (χ2v) is 5.67. The normalized spacial score (nSPS) is 14.2. The Kier molecular flexibility index (Phi) is 5.24. The van der Waals surface area contributed by atoms with Gasteiger partial charge in [0, 0.05) is 47.5 Å². The number of hydrogen-bond donors (Lipinski definition) is 1. The first-order valence-corrected chi connectivity index (χ1v) is 6.89. The second kappa shape index (κ2) is 6.46. The van der Waals surface area contributed by atoms with Gasteiger partial charge in [-0.05, 0) is 12.5 Å². The van der Waals surface area contributed by atoms with Crippen LogP contribution in [0.25, 0.3) is 0 Å². The number of nitrogens with zero attached hydrogens (tertiary/aromatic N) is 1. The molecule has 0 radical (unpaired) electrons. The molecule has 1 aromatic rings. The van der Waals surface area contributed by atoms with Crippen molar-refractivity contribution in [1.82, 2.24) is 5.32 Å². The van der Waals surface area contributed by atoms with Gasteiger partial charge >= 0.3 is 0 Å². The maximum absolute atomic E-state index is 11.1. The van der Waals surface area contributed by atoms with Crippen LogP contribution in [0.4, 0.5) is 5.69 Å². The number of benzene rings is 1. The number of nitrogens with one attached hydrogen (secondary N) is 1. The molecule has 0 spiro atoms. The quantitative estimate of drug-likeness (QED) is 0.617. The van der Waals surface area contributed by atoms with Crippen molar-refractivity contribution >= 4 is 16.5 Å². The Morgan fingerprint density at radius 2 is 2.24 bits per heavy atom. The van der Waals surface area contributed by atoms with Crippen LogP contribution in [0.2, 0.25) is 0 Å². The summed E-state index contributed by atoms with van der Waals surface area (Å²) < 4.78 is 11.1. The van der Waals surface area contributed by atoms with Crippen LogP contribution < -0.4 is 5.32 Å². The van der Waals surface area contributed by atoms with Gasteiger partial charge in [-0.2, -0.15) is 0 Å². The van der Waals surface area contributed by atoms with Crippen LogP contribution in [0.1, 0.15) is 12.5 Å². The lowest BCUT2D eigenvalue weighted by atomic mass is 10.2. The van der Waals surface area contributed by atoms with E-state index in [2.05, 4.69) is 5.32 Å². The molecule has 1 N–H and O–H groups in total. The highest BCUT2D eigenvalue weighted by Gasteiger charge is 2.07. The molecule has 2 atom stereocenters. The van der Waals surface area contributed by atoms with Crippen molar-refractivity contribution in [3.05, 3.63) is 39.9 Å². The molecule has 1 rings (SSSR count). The van der Waals surface area contributed by atoms with E-state index in [1.165, 1.54) is 6.07 Å². The molecular formula is C11H16N2O3S. The molecule has 0 amide bonds. The zero-order chi connectivity index (χ0) is 12.8. The van der Waals surface area contributed by atoms with E-state index in [-0.39, 0.29) is 10.9 Å². The Morgan fingerprint density at radius 1 is 1.53 bits per heavy atom. The average molecular weight is 256 g/mol. The molecule has 0 saturated carbocycles. The minimum atomic E-state index is -0.851. The third-order valence-electron chi connectivity index (χ3n) is 2.45. The molecule has 0 unspecified atom stereocenters. The highest BCUT2D eigenvalue weighted by molar-refractivity contribution is 7.84. The van der Waals surface area contributed by atoms with E-state index >= 15 is 0 Å². The molecule has 0 aliphatic rings. The third kappa shape index (κ3) is 4.62. The molecule has 0 aliphatic heterocycles. The molecule has 17 heavy (non-hydrogen) atoms. The summed E-state index contributed by atoms with van der Waals surface area (Å²) in [4.78, 5) is 10.2. The monoisotopic (exact) mass is 256 g/mol. The summed E-state index contributed by atoms with van der Waals surface area (Å²) in [6.45, 7) is 3.07. The third-order valence-corrected chi connectivity index (χ3v) is 3.75. The number of nitro benzene ring substituents is 1. The summed E-state index contributed by atoms with van der Waals surface area (Å²) in [5.41, 5.74) is 0.949. The predicted molar refractivity (Wildman–Crippen MR) is 68.3 cm³/mol. The van der Waals surface area contributed by atoms with Crippen molar-refractivity contribution in [2.75, 3.05) is 12.8 Å². The predicted octanol–water partition coefficient (Wildman–Crippen LogP) is 1.45. The number of rotatable bonds is 6. The first kappa shape index (κ1) is 13.8. The Morgan fingerprint density at radius 3 is 2.82 bits per heavy atom. The maximum Gasteiger partial charge on any atom is 0.269 e. The lowest BCUT2D eigenvalue weighted by Gasteiger charge is -2.09. The van der Waals surface area contributed by atoms with E-state index in [9.17, 15) is 14.3 Å². The molecule has 0 fully saturated rings. The van der Waals surface area contributed by atoms with Crippen LogP contribution in [0.5, 0.6) is 0 Å². The maximum atomic E-state index is 11.1. The minimum absolute atomic E-state index is 0.0775. The first-order chi connectivity index (χ1) is 8.00. The molecule has 0 aliphatic carbocycles. The second-order valence-electron chi connectivity index (χ2n) is 3.87. The largest absolute Gasteiger partial charge is 0.311 e. The molecular weight excluding hydrogens is 240 g/mol. The van der Waals surface area contributed by atoms with Crippen molar-refractivity contribution < 1.29 is 9.13 Å². The standard InChI is InChI=1S/C11H16N2O3S/c1-9(17(2)16)7-12-8-10-4-3-5-11(6-10)13(14)15/h3-6,9,12H,7-8H2,1-2H3/t9-,17+/m0/s1. The van der Waals surface area contributed by atoms with Gasteiger partial charge in [-0.3, -0.25) is 14.3 Å². The minimum Gasteiger partial charge on any atom is -0.311 e. The van der Waals surface area contributed by atoms with Crippen LogP contribution in [-0.2, 0) is 17.3 Å². The topological polar surface area (TPSA) is 72.2 Å². The fraction of sp³-hybridized carbons (Fsp3) is 0.455. The summed E-state index contributed by atoms with van der Waals surface area (Å²) >= 11 is 0. The fourth-order valence-corrected chi connectivity index (χ4v) is 1.67. The van der Waals surface area contributed by atoms with Gasteiger partial charge in [-0.25, -0.2) is 0 Å². The SMILES string of the molecule is C[C@@H](CNCc1cccc([N+](=O)[O-])c1)[S@@](C)=O. The molecule has 0 aromatic heterocycles. The summed E-state index contributed by atoms with van der Waals surface area (Å²) in [7, 11) is -0.851. The summed E-state index contributed by atoms with van der Waals surface area (Å²) in [5, 5.41) is 13.8. The van der Waals surface area contributed by atoms with E-state index in [0.717, 1.165) is 5.56 Å². The molecule has 0 heterocycles. The number of hydrogen-bond acceptors (Lipinski definition) is 4. The average Bonchev–Trinajstić information content (AvgIpc) is 2.29. The lowest BCUT2D eigenvalue weighted by molar-refractivity contribution is -0.384. The Hall–Kier alpha value is -1.27. The summed E-state index contributed by atoms with van der Waals surface area (Å²) in [6.07, 6.45) is 1.67. The van der Waals surface area contributed by atoms with Gasteiger partial charge in [0.15, 0.2) is 0 Å². The van der Waals surface area contributed by atoms with Gasteiger partial charge in [0.25, 0.3) is 5.69 Å². The lowest BCUT2D eigenvalue weighted by Crippen LogP contribution is -2.27. The van der Waals surface area contributed by atoms with E-state index < -0.39 is 15.7 Å². The summed E-state index contributed by atoms with van der Waals surface area (Å²) in [6, 6.07) is 6.50. The van der Waals surface area contributed by atoms with Gasteiger partial charge in [-0.1, -0.05) is 12.1 Å².